The summed E-state index contributed by atoms with van der Waals surface area (Å²) in [6.45, 7) is 0. The number of para-hydroxylation sites is 1. The summed E-state index contributed by atoms with van der Waals surface area (Å²) >= 11 is 0. The molecule has 0 saturated carbocycles. The third kappa shape index (κ3) is 1.93. The van der Waals surface area contributed by atoms with E-state index in [-0.39, 0.29) is 28.0 Å². The minimum Gasteiger partial charge on any atom is -0.504 e. The van der Waals surface area contributed by atoms with E-state index in [9.17, 15) is 25.2 Å². The summed E-state index contributed by atoms with van der Waals surface area (Å²) in [7, 11) is 0. The molecule has 6 heteroatoms. The van der Waals surface area contributed by atoms with Crippen LogP contribution in [-0.2, 0) is 0 Å². The SMILES string of the molecule is O=c1cc(-c2cccc(O)c2O)oc2c(O)c(O)ccc12. The Bertz CT molecular complexity index is 910. The minimum atomic E-state index is -0.564. The summed E-state index contributed by atoms with van der Waals surface area (Å²) in [6, 6.07) is 7.83. The molecule has 4 N–H and O–H groups in total. The van der Waals surface area contributed by atoms with Crippen LogP contribution in [0.3, 0.4) is 0 Å². The van der Waals surface area contributed by atoms with Gasteiger partial charge in [-0.2, -0.15) is 0 Å². The van der Waals surface area contributed by atoms with Gasteiger partial charge in [-0.25, -0.2) is 0 Å². The first-order chi connectivity index (χ1) is 9.99. The molecule has 0 aliphatic heterocycles. The van der Waals surface area contributed by atoms with Crippen LogP contribution in [0.15, 0.2) is 45.6 Å². The highest BCUT2D eigenvalue weighted by atomic mass is 16.4. The molecule has 0 amide bonds. The minimum absolute atomic E-state index is 0.0400. The van der Waals surface area contributed by atoms with Crippen molar-refractivity contribution in [3.05, 3.63) is 46.6 Å². The number of phenols is 4. The predicted octanol–water partition coefficient (Wildman–Crippen LogP) is 2.28. The largest absolute Gasteiger partial charge is 0.504 e. The lowest BCUT2D eigenvalue weighted by molar-refractivity contribution is 0.398. The highest BCUT2D eigenvalue weighted by Crippen LogP contribution is 2.39. The molecule has 1 heterocycles. The van der Waals surface area contributed by atoms with Crippen molar-refractivity contribution in [3.8, 4) is 34.3 Å². The van der Waals surface area contributed by atoms with Crippen molar-refractivity contribution in [3.63, 3.8) is 0 Å². The molecule has 0 unspecified atom stereocenters. The summed E-state index contributed by atoms with van der Waals surface area (Å²) < 4.78 is 5.40. The maximum atomic E-state index is 12.0. The van der Waals surface area contributed by atoms with E-state index in [1.807, 2.05) is 0 Å². The molecule has 0 saturated heterocycles. The molecular formula is C15H10O6. The van der Waals surface area contributed by atoms with Crippen molar-refractivity contribution in [2.24, 2.45) is 0 Å². The summed E-state index contributed by atoms with van der Waals surface area (Å²) in [6.07, 6.45) is 0. The Morgan fingerprint density at radius 2 is 1.57 bits per heavy atom. The van der Waals surface area contributed by atoms with Gasteiger partial charge in [0.05, 0.1) is 10.9 Å². The van der Waals surface area contributed by atoms with Crippen molar-refractivity contribution in [2.75, 3.05) is 0 Å². The van der Waals surface area contributed by atoms with Gasteiger partial charge in [0.1, 0.15) is 5.76 Å². The van der Waals surface area contributed by atoms with Crippen LogP contribution in [-0.4, -0.2) is 20.4 Å². The highest BCUT2D eigenvalue weighted by Gasteiger charge is 2.16. The fourth-order valence-electron chi connectivity index (χ4n) is 2.06. The van der Waals surface area contributed by atoms with E-state index in [0.717, 1.165) is 6.07 Å². The van der Waals surface area contributed by atoms with Gasteiger partial charge in [-0.3, -0.25) is 4.79 Å². The lowest BCUT2D eigenvalue weighted by atomic mass is 10.1. The molecule has 3 rings (SSSR count). The van der Waals surface area contributed by atoms with E-state index in [2.05, 4.69) is 0 Å². The van der Waals surface area contributed by atoms with Gasteiger partial charge in [0.25, 0.3) is 0 Å². The van der Waals surface area contributed by atoms with Crippen LogP contribution < -0.4 is 5.43 Å². The Hall–Kier alpha value is -3.15. The summed E-state index contributed by atoms with van der Waals surface area (Å²) in [5.41, 5.74) is -0.554. The molecule has 0 spiro atoms. The predicted molar refractivity (Wildman–Crippen MR) is 74.6 cm³/mol. The van der Waals surface area contributed by atoms with Gasteiger partial charge in [0, 0.05) is 6.07 Å². The number of fused-ring (bicyclic) bond motifs is 1. The maximum Gasteiger partial charge on any atom is 0.201 e. The Kier molecular flexibility index (Phi) is 2.72. The monoisotopic (exact) mass is 286 g/mol. The average Bonchev–Trinajstić information content (AvgIpc) is 2.46. The van der Waals surface area contributed by atoms with Gasteiger partial charge in [-0.15, -0.1) is 0 Å². The summed E-state index contributed by atoms with van der Waals surface area (Å²) in [5, 5.41) is 38.6. The van der Waals surface area contributed by atoms with Crippen molar-refractivity contribution in [2.45, 2.75) is 0 Å². The zero-order valence-electron chi connectivity index (χ0n) is 10.6. The Labute approximate surface area is 117 Å². The molecule has 21 heavy (non-hydrogen) atoms. The number of aromatic hydroxyl groups is 4. The number of rotatable bonds is 1. The molecule has 2 aromatic carbocycles. The smallest absolute Gasteiger partial charge is 0.201 e. The van der Waals surface area contributed by atoms with Gasteiger partial charge in [0.15, 0.2) is 28.3 Å². The number of benzene rings is 2. The van der Waals surface area contributed by atoms with Crippen LogP contribution in [0.1, 0.15) is 0 Å². The second-order valence-electron chi connectivity index (χ2n) is 4.46. The molecule has 0 bridgehead atoms. The molecule has 3 aromatic rings. The van der Waals surface area contributed by atoms with E-state index in [0.29, 0.717) is 0 Å². The maximum absolute atomic E-state index is 12.0. The van der Waals surface area contributed by atoms with Crippen LogP contribution >= 0.6 is 0 Å². The highest BCUT2D eigenvalue weighted by molar-refractivity contribution is 5.86. The molecule has 0 fully saturated rings. The summed E-state index contributed by atoms with van der Waals surface area (Å²) in [5.74, 6) is -1.84. The fourth-order valence-corrected chi connectivity index (χ4v) is 2.06. The Morgan fingerprint density at radius 3 is 2.33 bits per heavy atom. The number of phenolic OH excluding ortho intramolecular Hbond substituents is 4. The Balaban J connectivity index is 2.37. The van der Waals surface area contributed by atoms with E-state index in [1.165, 1.54) is 30.3 Å². The van der Waals surface area contributed by atoms with Gasteiger partial charge < -0.3 is 24.8 Å². The molecular weight excluding hydrogens is 276 g/mol. The Morgan fingerprint density at radius 1 is 0.857 bits per heavy atom. The standard InChI is InChI=1S/C15H10O6/c16-9-3-1-2-8(13(9)19)12-6-11(18)7-4-5-10(17)14(20)15(7)21-12/h1-6,16-17,19-20H. The van der Waals surface area contributed by atoms with E-state index >= 15 is 0 Å². The van der Waals surface area contributed by atoms with Gasteiger partial charge in [0.2, 0.25) is 5.75 Å². The van der Waals surface area contributed by atoms with Crippen LogP contribution in [0.25, 0.3) is 22.3 Å². The normalized spacial score (nSPS) is 10.9. The second kappa shape index (κ2) is 4.45. The van der Waals surface area contributed by atoms with Crippen molar-refractivity contribution >= 4 is 11.0 Å². The van der Waals surface area contributed by atoms with E-state index in [4.69, 9.17) is 4.42 Å². The van der Waals surface area contributed by atoms with Gasteiger partial charge >= 0.3 is 0 Å². The topological polar surface area (TPSA) is 111 Å². The first kappa shape index (κ1) is 12.9. The number of hydrogen-bond donors (Lipinski definition) is 4. The van der Waals surface area contributed by atoms with Crippen molar-refractivity contribution < 1.29 is 24.8 Å². The first-order valence-electron chi connectivity index (χ1n) is 5.99. The van der Waals surface area contributed by atoms with Crippen LogP contribution in [0.2, 0.25) is 0 Å². The lowest BCUT2D eigenvalue weighted by Gasteiger charge is -2.07. The quantitative estimate of drug-likeness (QED) is 0.511. The molecule has 0 aliphatic carbocycles. The first-order valence-corrected chi connectivity index (χ1v) is 5.99. The molecule has 0 radical (unpaired) electrons. The van der Waals surface area contributed by atoms with Crippen molar-refractivity contribution in [1.82, 2.24) is 0 Å². The molecule has 6 nitrogen and oxygen atoms in total. The fraction of sp³-hybridized carbons (Fsp3) is 0. The third-order valence-electron chi connectivity index (χ3n) is 3.13. The zero-order chi connectivity index (χ0) is 15.1. The second-order valence-corrected chi connectivity index (χ2v) is 4.46. The van der Waals surface area contributed by atoms with Crippen molar-refractivity contribution in [1.29, 1.82) is 0 Å². The summed E-state index contributed by atoms with van der Waals surface area (Å²) in [4.78, 5) is 12.0. The van der Waals surface area contributed by atoms with E-state index in [1.54, 1.807) is 0 Å². The molecule has 0 aliphatic rings. The van der Waals surface area contributed by atoms with Crippen LogP contribution in [0.4, 0.5) is 0 Å². The van der Waals surface area contributed by atoms with Gasteiger partial charge in [-0.1, -0.05) is 6.07 Å². The lowest BCUT2D eigenvalue weighted by Crippen LogP contribution is -2.00. The van der Waals surface area contributed by atoms with Crippen LogP contribution in [0, 0.1) is 0 Å². The zero-order valence-corrected chi connectivity index (χ0v) is 10.6. The van der Waals surface area contributed by atoms with Gasteiger partial charge in [-0.05, 0) is 24.3 Å². The molecule has 0 atom stereocenters. The molecule has 1 aromatic heterocycles. The van der Waals surface area contributed by atoms with E-state index < -0.39 is 22.7 Å². The number of hydrogen-bond acceptors (Lipinski definition) is 6. The average molecular weight is 286 g/mol. The third-order valence-corrected chi connectivity index (χ3v) is 3.13. The molecule has 106 valence electrons. The van der Waals surface area contributed by atoms with Crippen LogP contribution in [0.5, 0.6) is 23.0 Å².